The van der Waals surface area contributed by atoms with Crippen LogP contribution in [0.2, 0.25) is 0 Å². The topological polar surface area (TPSA) is 115 Å². The van der Waals surface area contributed by atoms with E-state index in [4.69, 9.17) is 14.2 Å². The van der Waals surface area contributed by atoms with Gasteiger partial charge in [0.25, 0.3) is 0 Å². The fourth-order valence-electron chi connectivity index (χ4n) is 4.36. The number of amides is 2. The van der Waals surface area contributed by atoms with Gasteiger partial charge >= 0.3 is 17.8 Å². The van der Waals surface area contributed by atoms with Crippen LogP contribution in [0.3, 0.4) is 0 Å². The van der Waals surface area contributed by atoms with Crippen LogP contribution in [0.1, 0.15) is 65.0 Å². The normalized spacial score (nSPS) is 12.8. The van der Waals surface area contributed by atoms with Crippen molar-refractivity contribution in [1.82, 2.24) is 5.43 Å². The second-order valence-corrected chi connectivity index (χ2v) is 10.3. The zero-order valence-corrected chi connectivity index (χ0v) is 23.8. The molecule has 11 heteroatoms. The van der Waals surface area contributed by atoms with Gasteiger partial charge in [-0.3, -0.25) is 9.59 Å². The molecule has 2 amide bonds. The number of hydrogen-bond acceptors (Lipinski definition) is 8. The average Bonchev–Trinajstić information content (AvgIpc) is 3.13. The molecule has 2 aromatic carbocycles. The van der Waals surface area contributed by atoms with Crippen molar-refractivity contribution in [2.75, 3.05) is 18.5 Å². The molecule has 0 fully saturated rings. The molecule has 2 N–H and O–H groups in total. The Labute approximate surface area is 241 Å². The van der Waals surface area contributed by atoms with Gasteiger partial charge in [-0.25, -0.2) is 14.6 Å². The molecule has 0 unspecified atom stereocenters. The molecule has 0 saturated carbocycles. The summed E-state index contributed by atoms with van der Waals surface area (Å²) in [7, 11) is 0. The van der Waals surface area contributed by atoms with E-state index in [0.717, 1.165) is 48.1 Å². The second-order valence-electron chi connectivity index (χ2n) is 9.20. The number of hydrazone groups is 1. The van der Waals surface area contributed by atoms with Crippen molar-refractivity contribution in [3.05, 3.63) is 75.4 Å². The molecule has 1 aliphatic rings. The molecular weight excluding hydrogens is 549 g/mol. The monoisotopic (exact) mass is 581 g/mol. The second kappa shape index (κ2) is 14.4. The Kier molecular flexibility index (Phi) is 10.4. The summed E-state index contributed by atoms with van der Waals surface area (Å²) in [5.41, 5.74) is 4.84. The van der Waals surface area contributed by atoms with Gasteiger partial charge in [-0.05, 0) is 86.6 Å². The minimum atomic E-state index is -0.982. The molecule has 0 saturated heterocycles. The van der Waals surface area contributed by atoms with Crippen LogP contribution < -0.4 is 20.2 Å². The van der Waals surface area contributed by atoms with Crippen LogP contribution in [-0.2, 0) is 33.8 Å². The Hall–Kier alpha value is -4.25. The number of halogens is 1. The van der Waals surface area contributed by atoms with Gasteiger partial charge < -0.3 is 19.5 Å². The summed E-state index contributed by atoms with van der Waals surface area (Å²) in [6.45, 7) is 4.38. The molecule has 0 spiro atoms. The van der Waals surface area contributed by atoms with Gasteiger partial charge in [-0.15, -0.1) is 11.3 Å². The maximum atomic E-state index is 13.1. The number of hydrogen-bond donors (Lipinski definition) is 2. The van der Waals surface area contributed by atoms with Crippen LogP contribution in [0.4, 0.5) is 9.39 Å². The van der Waals surface area contributed by atoms with E-state index in [1.807, 2.05) is 6.92 Å². The maximum absolute atomic E-state index is 13.1. The highest BCUT2D eigenvalue weighted by atomic mass is 32.1. The van der Waals surface area contributed by atoms with Crippen LogP contribution >= 0.6 is 11.3 Å². The van der Waals surface area contributed by atoms with Crippen LogP contribution in [0.5, 0.6) is 11.5 Å². The molecule has 1 aromatic heterocycles. The highest BCUT2D eigenvalue weighted by Crippen LogP contribution is 2.38. The van der Waals surface area contributed by atoms with E-state index in [2.05, 4.69) is 15.8 Å². The van der Waals surface area contributed by atoms with Gasteiger partial charge in [0.05, 0.1) is 25.0 Å². The molecule has 9 nitrogen and oxygen atoms in total. The molecule has 0 bridgehead atoms. The van der Waals surface area contributed by atoms with Crippen LogP contribution in [0.15, 0.2) is 47.6 Å². The lowest BCUT2D eigenvalue weighted by Crippen LogP contribution is -2.32. The Morgan fingerprint density at radius 3 is 2.49 bits per heavy atom. The van der Waals surface area contributed by atoms with E-state index < -0.39 is 17.8 Å². The highest BCUT2D eigenvalue weighted by Gasteiger charge is 2.27. The van der Waals surface area contributed by atoms with Crippen molar-refractivity contribution < 1.29 is 33.0 Å². The number of rotatable bonds is 10. The van der Waals surface area contributed by atoms with E-state index in [-0.39, 0.29) is 19.0 Å². The van der Waals surface area contributed by atoms with Crippen LogP contribution in [0.25, 0.3) is 0 Å². The van der Waals surface area contributed by atoms with E-state index in [9.17, 15) is 18.8 Å². The zero-order chi connectivity index (χ0) is 29.2. The van der Waals surface area contributed by atoms with Gasteiger partial charge in [0.2, 0.25) is 0 Å². The van der Waals surface area contributed by atoms with Gasteiger partial charge in [0, 0.05) is 4.88 Å². The SMILES string of the molecule is CCOC(=O)c1c(NC(=O)C(=O)N/N=C/c2ccc(OCc3ccc(F)cc3)c(OCC)c2)sc2c1CCCCC2. The molecule has 0 radical (unpaired) electrons. The summed E-state index contributed by atoms with van der Waals surface area (Å²) in [5.74, 6) is -1.79. The zero-order valence-electron chi connectivity index (χ0n) is 23.0. The van der Waals surface area contributed by atoms with Crippen molar-refractivity contribution in [3.63, 3.8) is 0 Å². The first-order valence-electron chi connectivity index (χ1n) is 13.5. The minimum Gasteiger partial charge on any atom is -0.490 e. The van der Waals surface area contributed by atoms with Gasteiger partial charge in [-0.2, -0.15) is 5.10 Å². The fourth-order valence-corrected chi connectivity index (χ4v) is 5.63. The number of fused-ring (bicyclic) bond motifs is 1. The molecule has 1 aliphatic carbocycles. The Morgan fingerprint density at radius 2 is 1.73 bits per heavy atom. The van der Waals surface area contributed by atoms with Crippen LogP contribution in [0, 0.1) is 5.82 Å². The summed E-state index contributed by atoms with van der Waals surface area (Å²) in [6, 6.07) is 11.1. The molecule has 0 atom stereocenters. The molecule has 0 aliphatic heterocycles. The summed E-state index contributed by atoms with van der Waals surface area (Å²) in [6.07, 6.45) is 5.94. The van der Waals surface area contributed by atoms with Crippen molar-refractivity contribution in [2.24, 2.45) is 5.10 Å². The van der Waals surface area contributed by atoms with Gasteiger partial charge in [0.15, 0.2) is 11.5 Å². The van der Waals surface area contributed by atoms with E-state index in [0.29, 0.717) is 34.2 Å². The van der Waals surface area contributed by atoms with Crippen molar-refractivity contribution >= 4 is 40.3 Å². The maximum Gasteiger partial charge on any atom is 0.341 e. The molecule has 3 aromatic rings. The first kappa shape index (κ1) is 29.7. The molecular formula is C30H32FN3O6S. The smallest absolute Gasteiger partial charge is 0.341 e. The Bertz CT molecular complexity index is 1420. The molecule has 41 heavy (non-hydrogen) atoms. The van der Waals surface area contributed by atoms with E-state index in [1.165, 1.54) is 29.7 Å². The third kappa shape index (κ3) is 7.91. The number of ether oxygens (including phenoxy) is 3. The predicted molar refractivity (Wildman–Crippen MR) is 154 cm³/mol. The Morgan fingerprint density at radius 1 is 0.951 bits per heavy atom. The number of nitrogens with one attached hydrogen (secondary N) is 2. The fraction of sp³-hybridized carbons (Fsp3) is 0.333. The van der Waals surface area contributed by atoms with Crippen molar-refractivity contribution in [2.45, 2.75) is 52.6 Å². The quantitative estimate of drug-likeness (QED) is 0.109. The summed E-state index contributed by atoms with van der Waals surface area (Å²) >= 11 is 1.31. The van der Waals surface area contributed by atoms with Crippen LogP contribution in [-0.4, -0.2) is 37.2 Å². The van der Waals surface area contributed by atoms with Gasteiger partial charge in [0.1, 0.15) is 17.4 Å². The number of esters is 1. The van der Waals surface area contributed by atoms with Crippen molar-refractivity contribution in [1.29, 1.82) is 0 Å². The summed E-state index contributed by atoms with van der Waals surface area (Å²) < 4.78 is 29.9. The number of aryl methyl sites for hydroxylation is 1. The summed E-state index contributed by atoms with van der Waals surface area (Å²) in [4.78, 5) is 38.9. The third-order valence-electron chi connectivity index (χ3n) is 6.29. The van der Waals surface area contributed by atoms with E-state index >= 15 is 0 Å². The number of nitrogens with zero attached hydrogens (tertiary/aromatic N) is 1. The lowest BCUT2D eigenvalue weighted by Gasteiger charge is -2.12. The number of carbonyl (C=O) groups is 3. The van der Waals surface area contributed by atoms with Crippen molar-refractivity contribution in [3.8, 4) is 11.5 Å². The lowest BCUT2D eigenvalue weighted by atomic mass is 10.1. The highest BCUT2D eigenvalue weighted by molar-refractivity contribution is 7.17. The van der Waals surface area contributed by atoms with Gasteiger partial charge in [-0.1, -0.05) is 18.6 Å². The Balaban J connectivity index is 1.39. The predicted octanol–water partition coefficient (Wildman–Crippen LogP) is 5.40. The minimum absolute atomic E-state index is 0.207. The number of anilines is 1. The standard InChI is InChI=1S/C30H32FN3O6S/c1-3-38-24-16-20(12-15-23(24)40-18-19-10-13-21(31)14-11-19)17-32-34-28(36)27(35)33-29-26(30(37)39-4-2)22-8-6-5-7-9-25(22)41-29/h10-17H,3-9,18H2,1-2H3,(H,33,35)(H,34,36)/b32-17+. The molecule has 1 heterocycles. The largest absolute Gasteiger partial charge is 0.490 e. The number of thiophene rings is 1. The number of benzene rings is 2. The first-order chi connectivity index (χ1) is 19.9. The molecule has 4 rings (SSSR count). The molecule has 216 valence electrons. The third-order valence-corrected chi connectivity index (χ3v) is 7.50. The lowest BCUT2D eigenvalue weighted by molar-refractivity contribution is -0.136. The first-order valence-corrected chi connectivity index (χ1v) is 14.3. The van der Waals surface area contributed by atoms with E-state index in [1.54, 1.807) is 37.3 Å². The summed E-state index contributed by atoms with van der Waals surface area (Å²) in [5, 5.41) is 6.79. The average molecular weight is 582 g/mol. The number of carbonyl (C=O) groups excluding carboxylic acids is 3.